The van der Waals surface area contributed by atoms with Gasteiger partial charge in [-0.15, -0.1) is 0 Å². The van der Waals surface area contributed by atoms with Crippen molar-refractivity contribution in [2.45, 2.75) is 19.9 Å². The molecule has 0 atom stereocenters. The van der Waals surface area contributed by atoms with E-state index in [9.17, 15) is 8.42 Å². The standard InChI is InChI=1S/C13H21ClN2O2S/c1-3-8-15-9-10-19(17,18)16(2)11-12-6-4-5-7-13(12)14/h4-7,15H,3,8-11H2,1-2H3. The Labute approximate surface area is 120 Å². The van der Waals surface area contributed by atoms with E-state index in [1.54, 1.807) is 13.1 Å². The average molecular weight is 305 g/mol. The van der Waals surface area contributed by atoms with Gasteiger partial charge in [-0.25, -0.2) is 12.7 Å². The summed E-state index contributed by atoms with van der Waals surface area (Å²) in [7, 11) is -1.66. The molecular formula is C13H21ClN2O2S. The number of hydrogen-bond donors (Lipinski definition) is 1. The first kappa shape index (κ1) is 16.4. The van der Waals surface area contributed by atoms with Gasteiger partial charge < -0.3 is 5.32 Å². The number of nitrogens with zero attached hydrogens (tertiary/aromatic N) is 1. The molecule has 0 aliphatic carbocycles. The molecule has 108 valence electrons. The van der Waals surface area contributed by atoms with Gasteiger partial charge >= 0.3 is 0 Å². The van der Waals surface area contributed by atoms with E-state index in [0.29, 0.717) is 18.1 Å². The highest BCUT2D eigenvalue weighted by Gasteiger charge is 2.18. The molecule has 0 unspecified atom stereocenters. The van der Waals surface area contributed by atoms with Crippen molar-refractivity contribution in [3.05, 3.63) is 34.9 Å². The van der Waals surface area contributed by atoms with Gasteiger partial charge in [-0.2, -0.15) is 0 Å². The Morgan fingerprint density at radius 1 is 1.26 bits per heavy atom. The maximum Gasteiger partial charge on any atom is 0.215 e. The van der Waals surface area contributed by atoms with Crippen LogP contribution in [0.1, 0.15) is 18.9 Å². The lowest BCUT2D eigenvalue weighted by Gasteiger charge is -2.18. The molecule has 1 rings (SSSR count). The number of hydrogen-bond acceptors (Lipinski definition) is 3. The van der Waals surface area contributed by atoms with E-state index in [1.807, 2.05) is 25.1 Å². The smallest absolute Gasteiger partial charge is 0.215 e. The van der Waals surface area contributed by atoms with Crippen molar-refractivity contribution < 1.29 is 8.42 Å². The van der Waals surface area contributed by atoms with Gasteiger partial charge in [0.05, 0.1) is 5.75 Å². The third-order valence-electron chi connectivity index (χ3n) is 2.79. The Hall–Kier alpha value is -0.620. The van der Waals surface area contributed by atoms with Crippen LogP contribution in [0, 0.1) is 0 Å². The molecule has 0 saturated heterocycles. The molecule has 0 bridgehead atoms. The van der Waals surface area contributed by atoms with Crippen LogP contribution in [0.2, 0.25) is 5.02 Å². The first-order chi connectivity index (χ1) is 8.97. The zero-order valence-corrected chi connectivity index (χ0v) is 13.0. The molecule has 19 heavy (non-hydrogen) atoms. The number of sulfonamides is 1. The molecule has 0 heterocycles. The third kappa shape index (κ3) is 5.48. The van der Waals surface area contributed by atoms with Crippen molar-refractivity contribution in [1.29, 1.82) is 0 Å². The van der Waals surface area contributed by atoms with Gasteiger partial charge in [-0.05, 0) is 24.6 Å². The van der Waals surface area contributed by atoms with Crippen LogP contribution in [0.25, 0.3) is 0 Å². The second-order valence-electron chi connectivity index (χ2n) is 4.41. The van der Waals surface area contributed by atoms with Crippen molar-refractivity contribution in [2.75, 3.05) is 25.9 Å². The van der Waals surface area contributed by atoms with Crippen molar-refractivity contribution in [2.24, 2.45) is 0 Å². The molecule has 0 amide bonds. The predicted molar refractivity (Wildman–Crippen MR) is 79.9 cm³/mol. The van der Waals surface area contributed by atoms with Gasteiger partial charge in [-0.3, -0.25) is 0 Å². The fourth-order valence-electron chi connectivity index (χ4n) is 1.62. The molecule has 0 radical (unpaired) electrons. The highest BCUT2D eigenvalue weighted by molar-refractivity contribution is 7.89. The van der Waals surface area contributed by atoms with E-state index >= 15 is 0 Å². The molecule has 1 N–H and O–H groups in total. The number of benzene rings is 1. The SMILES string of the molecule is CCCNCCS(=O)(=O)N(C)Cc1ccccc1Cl. The summed E-state index contributed by atoms with van der Waals surface area (Å²) in [5.41, 5.74) is 0.816. The summed E-state index contributed by atoms with van der Waals surface area (Å²) in [4.78, 5) is 0. The van der Waals surface area contributed by atoms with Gasteiger partial charge in [0.25, 0.3) is 0 Å². The van der Waals surface area contributed by atoms with Gasteiger partial charge in [-0.1, -0.05) is 36.7 Å². The van der Waals surface area contributed by atoms with Gasteiger partial charge in [0.2, 0.25) is 10.0 Å². The molecule has 1 aromatic rings. The summed E-state index contributed by atoms with van der Waals surface area (Å²) in [5, 5.41) is 3.68. The Balaban J connectivity index is 2.56. The summed E-state index contributed by atoms with van der Waals surface area (Å²) in [6, 6.07) is 7.28. The Kier molecular flexibility index (Phi) is 6.79. The maximum absolute atomic E-state index is 12.1. The van der Waals surface area contributed by atoms with E-state index in [2.05, 4.69) is 5.32 Å². The monoisotopic (exact) mass is 304 g/mol. The molecule has 0 aromatic heterocycles. The van der Waals surface area contributed by atoms with E-state index < -0.39 is 10.0 Å². The van der Waals surface area contributed by atoms with Crippen LogP contribution in [0.15, 0.2) is 24.3 Å². The average Bonchev–Trinajstić information content (AvgIpc) is 2.37. The summed E-state index contributed by atoms with van der Waals surface area (Å²) in [6.07, 6.45) is 0.996. The van der Waals surface area contributed by atoms with Crippen LogP contribution in [0.4, 0.5) is 0 Å². The summed E-state index contributed by atoms with van der Waals surface area (Å²) in [6.45, 7) is 3.66. The van der Waals surface area contributed by atoms with Crippen LogP contribution < -0.4 is 5.32 Å². The van der Waals surface area contributed by atoms with Crippen LogP contribution in [0.3, 0.4) is 0 Å². The second kappa shape index (κ2) is 7.85. The van der Waals surface area contributed by atoms with Crippen LogP contribution in [-0.4, -0.2) is 38.6 Å². The minimum atomic E-state index is -3.24. The van der Waals surface area contributed by atoms with E-state index in [1.165, 1.54) is 4.31 Å². The van der Waals surface area contributed by atoms with Crippen molar-refractivity contribution in [3.8, 4) is 0 Å². The van der Waals surface area contributed by atoms with Gasteiger partial charge in [0.15, 0.2) is 0 Å². The fourth-order valence-corrected chi connectivity index (χ4v) is 2.87. The summed E-state index contributed by atoms with van der Waals surface area (Å²) < 4.78 is 25.5. The normalized spacial score (nSPS) is 12.0. The van der Waals surface area contributed by atoms with E-state index in [-0.39, 0.29) is 5.75 Å². The molecule has 4 nitrogen and oxygen atoms in total. The maximum atomic E-state index is 12.1. The molecule has 0 fully saturated rings. The lowest BCUT2D eigenvalue weighted by molar-refractivity contribution is 0.465. The largest absolute Gasteiger partial charge is 0.316 e. The van der Waals surface area contributed by atoms with Crippen molar-refractivity contribution in [3.63, 3.8) is 0 Å². The highest BCUT2D eigenvalue weighted by Crippen LogP contribution is 2.17. The Bertz CT molecular complexity index is 491. The third-order valence-corrected chi connectivity index (χ3v) is 4.96. The minimum absolute atomic E-state index is 0.105. The van der Waals surface area contributed by atoms with Crippen LogP contribution >= 0.6 is 11.6 Å². The lowest BCUT2D eigenvalue weighted by atomic mass is 10.2. The molecule has 0 aliphatic heterocycles. The van der Waals surface area contributed by atoms with Crippen molar-refractivity contribution >= 4 is 21.6 Å². The second-order valence-corrected chi connectivity index (χ2v) is 7.02. The van der Waals surface area contributed by atoms with E-state index in [0.717, 1.165) is 18.5 Å². The van der Waals surface area contributed by atoms with Crippen LogP contribution in [-0.2, 0) is 16.6 Å². The molecular weight excluding hydrogens is 284 g/mol. The van der Waals surface area contributed by atoms with E-state index in [4.69, 9.17) is 11.6 Å². The summed E-state index contributed by atoms with van der Waals surface area (Å²) >= 11 is 6.03. The number of nitrogens with one attached hydrogen (secondary N) is 1. The number of rotatable bonds is 8. The predicted octanol–water partition coefficient (Wildman–Crippen LogP) is 2.10. The van der Waals surface area contributed by atoms with Crippen LogP contribution in [0.5, 0.6) is 0 Å². The molecule has 0 spiro atoms. The lowest BCUT2D eigenvalue weighted by Crippen LogP contribution is -2.33. The first-order valence-corrected chi connectivity index (χ1v) is 8.34. The van der Waals surface area contributed by atoms with Crippen molar-refractivity contribution in [1.82, 2.24) is 9.62 Å². The number of halogens is 1. The first-order valence-electron chi connectivity index (χ1n) is 6.35. The summed E-state index contributed by atoms with van der Waals surface area (Å²) in [5.74, 6) is 0.105. The topological polar surface area (TPSA) is 49.4 Å². The minimum Gasteiger partial charge on any atom is -0.316 e. The Morgan fingerprint density at radius 3 is 2.58 bits per heavy atom. The quantitative estimate of drug-likeness (QED) is 0.748. The highest BCUT2D eigenvalue weighted by atomic mass is 35.5. The zero-order valence-electron chi connectivity index (χ0n) is 11.4. The molecule has 0 aliphatic rings. The molecule has 1 aromatic carbocycles. The zero-order chi connectivity index (χ0) is 14.3. The van der Waals surface area contributed by atoms with Gasteiger partial charge in [0.1, 0.15) is 0 Å². The fraction of sp³-hybridized carbons (Fsp3) is 0.538. The molecule has 6 heteroatoms. The Morgan fingerprint density at radius 2 is 1.95 bits per heavy atom. The molecule has 0 saturated carbocycles. The van der Waals surface area contributed by atoms with Gasteiger partial charge in [0, 0.05) is 25.2 Å².